The third-order valence-electron chi connectivity index (χ3n) is 2.36. The highest BCUT2D eigenvalue weighted by molar-refractivity contribution is 5.97. The first-order valence-corrected chi connectivity index (χ1v) is 5.25. The smallest absolute Gasteiger partial charge is 0.325 e. The Balaban J connectivity index is 2.90. The van der Waals surface area contributed by atoms with Gasteiger partial charge >= 0.3 is 5.97 Å². The number of hydrogen-bond acceptors (Lipinski definition) is 4. The Morgan fingerprint density at radius 1 is 1.22 bits per heavy atom. The average Bonchev–Trinajstić information content (AvgIpc) is 2.37. The number of carboxylic acid groups (broad SMARTS) is 1. The largest absolute Gasteiger partial charge is 0.493 e. The van der Waals surface area contributed by atoms with Crippen LogP contribution in [0.2, 0.25) is 0 Å². The van der Waals surface area contributed by atoms with E-state index in [1.165, 1.54) is 33.3 Å². The van der Waals surface area contributed by atoms with Crippen LogP contribution in [0.3, 0.4) is 0 Å². The zero-order chi connectivity index (χ0) is 13.7. The van der Waals surface area contributed by atoms with Gasteiger partial charge in [0.2, 0.25) is 0 Å². The summed E-state index contributed by atoms with van der Waals surface area (Å²) in [5.41, 5.74) is 0.306. The topological polar surface area (TPSA) is 84.9 Å². The van der Waals surface area contributed by atoms with Crippen molar-refractivity contribution in [3.05, 3.63) is 23.8 Å². The van der Waals surface area contributed by atoms with Crippen molar-refractivity contribution < 1.29 is 24.2 Å². The molecule has 0 aromatic heterocycles. The maximum atomic E-state index is 11.8. The lowest BCUT2D eigenvalue weighted by atomic mass is 10.1. The zero-order valence-corrected chi connectivity index (χ0v) is 10.4. The van der Waals surface area contributed by atoms with Crippen LogP contribution in [0.25, 0.3) is 0 Å². The first-order chi connectivity index (χ1) is 8.49. The summed E-state index contributed by atoms with van der Waals surface area (Å²) in [4.78, 5) is 22.4. The molecule has 0 saturated carbocycles. The Hall–Kier alpha value is -2.24. The minimum Gasteiger partial charge on any atom is -0.493 e. The van der Waals surface area contributed by atoms with Gasteiger partial charge in [0, 0.05) is 5.56 Å². The standard InChI is InChI=1S/C12H15NO5/c1-7(12(15)16)13-11(14)8-4-5-9(17-2)10(6-8)18-3/h4-7H,1-3H3,(H,13,14)(H,15,16)/t7-/m1/s1. The molecule has 0 aliphatic carbocycles. The van der Waals surface area contributed by atoms with Gasteiger partial charge in [-0.15, -0.1) is 0 Å². The van der Waals surface area contributed by atoms with Crippen molar-refractivity contribution in [2.75, 3.05) is 14.2 Å². The molecule has 1 aromatic rings. The van der Waals surface area contributed by atoms with Gasteiger partial charge in [0.1, 0.15) is 6.04 Å². The predicted molar refractivity (Wildman–Crippen MR) is 64.1 cm³/mol. The molecule has 0 heterocycles. The second kappa shape index (κ2) is 5.90. The number of carbonyl (C=O) groups is 2. The number of hydrogen-bond donors (Lipinski definition) is 2. The second-order valence-electron chi connectivity index (χ2n) is 3.60. The fraction of sp³-hybridized carbons (Fsp3) is 0.333. The summed E-state index contributed by atoms with van der Waals surface area (Å²) in [6, 6.07) is 3.65. The Labute approximate surface area is 105 Å². The maximum absolute atomic E-state index is 11.8. The molecule has 0 aliphatic heterocycles. The number of rotatable bonds is 5. The molecule has 1 atom stereocenters. The van der Waals surface area contributed by atoms with Crippen molar-refractivity contribution in [2.45, 2.75) is 13.0 Å². The molecular formula is C12H15NO5. The van der Waals surface area contributed by atoms with Crippen LogP contribution in [-0.4, -0.2) is 37.2 Å². The van der Waals surface area contributed by atoms with Crippen molar-refractivity contribution >= 4 is 11.9 Å². The number of nitrogens with one attached hydrogen (secondary N) is 1. The molecule has 0 spiro atoms. The summed E-state index contributed by atoms with van der Waals surface area (Å²) in [5, 5.41) is 11.1. The van der Waals surface area contributed by atoms with Crippen molar-refractivity contribution in [3.8, 4) is 11.5 Å². The molecule has 18 heavy (non-hydrogen) atoms. The van der Waals surface area contributed by atoms with Crippen LogP contribution >= 0.6 is 0 Å². The molecule has 6 nitrogen and oxygen atoms in total. The average molecular weight is 253 g/mol. The monoisotopic (exact) mass is 253 g/mol. The van der Waals surface area contributed by atoms with Gasteiger partial charge in [-0.3, -0.25) is 9.59 Å². The summed E-state index contributed by atoms with van der Waals surface area (Å²) in [6.45, 7) is 1.39. The molecule has 6 heteroatoms. The van der Waals surface area contributed by atoms with Crippen LogP contribution in [0.15, 0.2) is 18.2 Å². The lowest BCUT2D eigenvalue weighted by Crippen LogP contribution is -2.38. The molecule has 2 N–H and O–H groups in total. The molecule has 1 rings (SSSR count). The van der Waals surface area contributed by atoms with Crippen molar-refractivity contribution in [2.24, 2.45) is 0 Å². The normalized spacial score (nSPS) is 11.5. The van der Waals surface area contributed by atoms with Crippen LogP contribution in [-0.2, 0) is 4.79 Å². The van der Waals surface area contributed by atoms with E-state index in [1.54, 1.807) is 6.07 Å². The Morgan fingerprint density at radius 2 is 1.83 bits per heavy atom. The number of carbonyl (C=O) groups excluding carboxylic acids is 1. The molecule has 0 fully saturated rings. The van der Waals surface area contributed by atoms with Gasteiger partial charge < -0.3 is 19.9 Å². The number of carboxylic acids is 1. The Morgan fingerprint density at radius 3 is 2.33 bits per heavy atom. The zero-order valence-electron chi connectivity index (χ0n) is 10.4. The summed E-state index contributed by atoms with van der Waals surface area (Å²) < 4.78 is 10.1. The van der Waals surface area contributed by atoms with Gasteiger partial charge in [0.15, 0.2) is 11.5 Å². The summed E-state index contributed by atoms with van der Waals surface area (Å²) in [5.74, 6) is -0.664. The quantitative estimate of drug-likeness (QED) is 0.814. The maximum Gasteiger partial charge on any atom is 0.325 e. The van der Waals surface area contributed by atoms with Gasteiger partial charge in [0.05, 0.1) is 14.2 Å². The lowest BCUT2D eigenvalue weighted by molar-refractivity contribution is -0.138. The fourth-order valence-electron chi connectivity index (χ4n) is 1.32. The second-order valence-corrected chi connectivity index (χ2v) is 3.60. The van der Waals surface area contributed by atoms with E-state index >= 15 is 0 Å². The van der Waals surface area contributed by atoms with E-state index < -0.39 is 17.9 Å². The third kappa shape index (κ3) is 3.13. The highest BCUT2D eigenvalue weighted by Crippen LogP contribution is 2.27. The predicted octanol–water partition coefficient (Wildman–Crippen LogP) is 0.907. The molecule has 0 bridgehead atoms. The highest BCUT2D eigenvalue weighted by Gasteiger charge is 2.16. The number of aliphatic carboxylic acids is 1. The first kappa shape index (κ1) is 13.8. The van der Waals surface area contributed by atoms with Crippen LogP contribution in [0.5, 0.6) is 11.5 Å². The molecule has 1 aromatic carbocycles. The molecule has 0 aliphatic rings. The fourth-order valence-corrected chi connectivity index (χ4v) is 1.32. The third-order valence-corrected chi connectivity index (χ3v) is 2.36. The molecular weight excluding hydrogens is 238 g/mol. The number of amides is 1. The van der Waals surface area contributed by atoms with Gasteiger partial charge in [-0.05, 0) is 25.1 Å². The van der Waals surface area contributed by atoms with Gasteiger partial charge in [-0.1, -0.05) is 0 Å². The van der Waals surface area contributed by atoms with Gasteiger partial charge in [-0.25, -0.2) is 0 Å². The minimum absolute atomic E-state index is 0.306. The highest BCUT2D eigenvalue weighted by atomic mass is 16.5. The molecule has 0 radical (unpaired) electrons. The SMILES string of the molecule is COc1ccc(C(=O)N[C@H](C)C(=O)O)cc1OC. The van der Waals surface area contributed by atoms with Crippen molar-refractivity contribution in [1.82, 2.24) is 5.32 Å². The van der Waals surface area contributed by atoms with Gasteiger partial charge in [0.25, 0.3) is 5.91 Å². The molecule has 98 valence electrons. The Bertz CT molecular complexity index is 458. The van der Waals surface area contributed by atoms with Crippen LogP contribution in [0.4, 0.5) is 0 Å². The van der Waals surface area contributed by atoms with Crippen LogP contribution in [0, 0.1) is 0 Å². The Kier molecular flexibility index (Phi) is 4.53. The lowest BCUT2D eigenvalue weighted by Gasteiger charge is -2.11. The first-order valence-electron chi connectivity index (χ1n) is 5.25. The van der Waals surface area contributed by atoms with E-state index in [-0.39, 0.29) is 0 Å². The van der Waals surface area contributed by atoms with E-state index in [9.17, 15) is 9.59 Å². The van der Waals surface area contributed by atoms with Crippen molar-refractivity contribution in [1.29, 1.82) is 0 Å². The van der Waals surface area contributed by atoms with Crippen LogP contribution in [0.1, 0.15) is 17.3 Å². The molecule has 0 unspecified atom stereocenters. The minimum atomic E-state index is -1.09. The number of ether oxygens (including phenoxy) is 2. The molecule has 0 saturated heterocycles. The summed E-state index contributed by atoms with van der Waals surface area (Å²) in [6.07, 6.45) is 0. The molecule has 1 amide bonds. The van der Waals surface area contributed by atoms with E-state index in [2.05, 4.69) is 5.32 Å². The van der Waals surface area contributed by atoms with Crippen LogP contribution < -0.4 is 14.8 Å². The summed E-state index contributed by atoms with van der Waals surface area (Å²) >= 11 is 0. The van der Waals surface area contributed by atoms with Crippen molar-refractivity contribution in [3.63, 3.8) is 0 Å². The van der Waals surface area contributed by atoms with E-state index in [0.717, 1.165) is 0 Å². The van der Waals surface area contributed by atoms with E-state index in [1.807, 2.05) is 0 Å². The van der Waals surface area contributed by atoms with E-state index in [4.69, 9.17) is 14.6 Å². The number of benzene rings is 1. The number of methoxy groups -OCH3 is 2. The summed E-state index contributed by atoms with van der Waals surface area (Å²) in [7, 11) is 2.95. The van der Waals surface area contributed by atoms with Gasteiger partial charge in [-0.2, -0.15) is 0 Å². The van der Waals surface area contributed by atoms with E-state index in [0.29, 0.717) is 17.1 Å².